The molecule has 0 fully saturated rings. The first kappa shape index (κ1) is 24.8. The van der Waals surface area contributed by atoms with Gasteiger partial charge in [0.05, 0.1) is 29.5 Å². The van der Waals surface area contributed by atoms with E-state index >= 15 is 0 Å². The smallest absolute Gasteiger partial charge is 0.324 e. The summed E-state index contributed by atoms with van der Waals surface area (Å²) >= 11 is 6.06. The molecule has 4 N–H and O–H groups in total. The van der Waals surface area contributed by atoms with Crippen molar-refractivity contribution < 1.29 is 14.3 Å². The van der Waals surface area contributed by atoms with E-state index in [1.54, 1.807) is 42.5 Å². The number of carbonyl (C=O) groups is 2. The second-order valence-electron chi connectivity index (χ2n) is 7.04. The molecular weight excluding hydrogens is 470 g/mol. The van der Waals surface area contributed by atoms with Gasteiger partial charge in [-0.2, -0.15) is 10.5 Å². The maximum absolute atomic E-state index is 12.3. The van der Waals surface area contributed by atoms with E-state index in [1.165, 1.54) is 18.3 Å². The fourth-order valence-corrected chi connectivity index (χ4v) is 2.96. The Hall–Kier alpha value is -4.80. The molecule has 0 spiro atoms. The van der Waals surface area contributed by atoms with Crippen molar-refractivity contribution in [3.63, 3.8) is 0 Å². The fraction of sp³-hybridized carbons (Fsp3) is 0.125. The van der Waals surface area contributed by atoms with E-state index in [9.17, 15) is 9.59 Å². The zero-order chi connectivity index (χ0) is 25.0. The van der Waals surface area contributed by atoms with Gasteiger partial charge in [0.25, 0.3) is 0 Å². The number of urea groups is 2. The quantitative estimate of drug-likeness (QED) is 0.336. The molecule has 0 unspecified atom stereocenters. The molecule has 35 heavy (non-hydrogen) atoms. The average Bonchev–Trinajstić information content (AvgIpc) is 2.86. The Labute approximate surface area is 206 Å². The van der Waals surface area contributed by atoms with Crippen LogP contribution in [0.3, 0.4) is 0 Å². The lowest BCUT2D eigenvalue weighted by atomic mass is 10.2. The number of anilines is 3. The van der Waals surface area contributed by atoms with Gasteiger partial charge >= 0.3 is 12.1 Å². The molecule has 1 aromatic heterocycles. The van der Waals surface area contributed by atoms with Gasteiger partial charge in [-0.3, -0.25) is 5.32 Å². The van der Waals surface area contributed by atoms with Crippen molar-refractivity contribution in [2.45, 2.75) is 6.42 Å². The minimum absolute atomic E-state index is 0.270. The van der Waals surface area contributed by atoms with Crippen molar-refractivity contribution in [2.75, 3.05) is 29.1 Å². The molecule has 10 nitrogen and oxygen atoms in total. The molecule has 11 heteroatoms. The summed E-state index contributed by atoms with van der Waals surface area (Å²) < 4.78 is 5.74. The van der Waals surface area contributed by atoms with E-state index in [1.807, 2.05) is 12.1 Å². The summed E-state index contributed by atoms with van der Waals surface area (Å²) in [6.07, 6.45) is 1.85. The van der Waals surface area contributed by atoms with Crippen LogP contribution >= 0.6 is 11.6 Å². The normalized spacial score (nSPS) is 9.80. The Bertz CT molecular complexity index is 1270. The molecule has 0 aliphatic carbocycles. The highest BCUT2D eigenvalue weighted by Crippen LogP contribution is 2.28. The van der Waals surface area contributed by atoms with Crippen LogP contribution in [0, 0.1) is 22.7 Å². The average molecular weight is 490 g/mol. The molecule has 2 aromatic carbocycles. The summed E-state index contributed by atoms with van der Waals surface area (Å²) in [5.41, 5.74) is 1.81. The minimum atomic E-state index is -0.560. The van der Waals surface area contributed by atoms with Crippen LogP contribution in [-0.2, 0) is 0 Å². The van der Waals surface area contributed by atoms with Gasteiger partial charge in [-0.05, 0) is 61.0 Å². The lowest BCUT2D eigenvalue weighted by Gasteiger charge is -2.14. The van der Waals surface area contributed by atoms with Crippen LogP contribution in [0.25, 0.3) is 0 Å². The molecule has 0 radical (unpaired) electrons. The van der Waals surface area contributed by atoms with Crippen LogP contribution in [-0.4, -0.2) is 30.2 Å². The summed E-state index contributed by atoms with van der Waals surface area (Å²) in [6.45, 7) is 0.621. The van der Waals surface area contributed by atoms with Crippen LogP contribution in [0.1, 0.15) is 17.5 Å². The molecule has 0 atom stereocenters. The molecule has 3 aromatic rings. The summed E-state index contributed by atoms with van der Waals surface area (Å²) in [6, 6.07) is 17.4. The van der Waals surface area contributed by atoms with Crippen LogP contribution in [0.5, 0.6) is 5.75 Å². The van der Waals surface area contributed by atoms with E-state index in [-0.39, 0.29) is 18.5 Å². The van der Waals surface area contributed by atoms with Crippen molar-refractivity contribution in [3.05, 3.63) is 76.9 Å². The number of pyridine rings is 1. The Kier molecular flexibility index (Phi) is 8.83. The van der Waals surface area contributed by atoms with Gasteiger partial charge in [0.15, 0.2) is 0 Å². The van der Waals surface area contributed by atoms with Crippen LogP contribution < -0.4 is 26.0 Å². The topological polar surface area (TPSA) is 152 Å². The molecule has 0 aliphatic heterocycles. The van der Waals surface area contributed by atoms with Gasteiger partial charge in [0, 0.05) is 23.5 Å². The first-order chi connectivity index (χ1) is 17.0. The number of rotatable bonds is 8. The molecule has 0 aliphatic rings. The third kappa shape index (κ3) is 7.93. The number of hydrogen-bond donors (Lipinski definition) is 4. The predicted molar refractivity (Wildman–Crippen MR) is 131 cm³/mol. The van der Waals surface area contributed by atoms with Gasteiger partial charge in [0.1, 0.15) is 17.6 Å². The highest BCUT2D eigenvalue weighted by Gasteiger charge is 2.10. The van der Waals surface area contributed by atoms with Crippen LogP contribution in [0.15, 0.2) is 60.8 Å². The number of carbonyl (C=O) groups excluding carboxylic acids is 2. The number of benzene rings is 2. The van der Waals surface area contributed by atoms with Gasteiger partial charge < -0.3 is 20.7 Å². The van der Waals surface area contributed by atoms with Crippen LogP contribution in [0.4, 0.5) is 26.8 Å². The first-order valence-electron chi connectivity index (χ1n) is 10.4. The second-order valence-corrected chi connectivity index (χ2v) is 7.47. The van der Waals surface area contributed by atoms with E-state index < -0.39 is 6.03 Å². The third-order valence-electron chi connectivity index (χ3n) is 4.46. The van der Waals surface area contributed by atoms with E-state index in [0.29, 0.717) is 46.2 Å². The molecule has 176 valence electrons. The van der Waals surface area contributed by atoms with Crippen molar-refractivity contribution in [2.24, 2.45) is 0 Å². The number of aromatic nitrogens is 1. The largest absolute Gasteiger partial charge is 0.491 e. The van der Waals surface area contributed by atoms with Crippen molar-refractivity contribution in [1.82, 2.24) is 10.3 Å². The van der Waals surface area contributed by atoms with Gasteiger partial charge in [0.2, 0.25) is 0 Å². The number of ether oxygens (including phenoxy) is 1. The van der Waals surface area contributed by atoms with Crippen molar-refractivity contribution in [3.8, 4) is 17.9 Å². The van der Waals surface area contributed by atoms with E-state index in [2.05, 4.69) is 26.3 Å². The van der Waals surface area contributed by atoms with Gasteiger partial charge in [-0.25, -0.2) is 14.6 Å². The molecule has 0 saturated carbocycles. The summed E-state index contributed by atoms with van der Waals surface area (Å²) in [7, 11) is 0. The number of nitriles is 2. The van der Waals surface area contributed by atoms with Crippen molar-refractivity contribution in [1.29, 1.82) is 10.5 Å². The van der Waals surface area contributed by atoms with E-state index in [4.69, 9.17) is 26.9 Å². The zero-order valence-corrected chi connectivity index (χ0v) is 19.1. The maximum Gasteiger partial charge on any atom is 0.324 e. The Morgan fingerprint density at radius 3 is 2.34 bits per heavy atom. The fourth-order valence-electron chi connectivity index (χ4n) is 2.79. The molecule has 0 saturated heterocycles. The Morgan fingerprint density at radius 2 is 1.66 bits per heavy atom. The van der Waals surface area contributed by atoms with Gasteiger partial charge in [-0.1, -0.05) is 11.6 Å². The monoisotopic (exact) mass is 489 g/mol. The molecule has 3 rings (SSSR count). The second kappa shape index (κ2) is 12.4. The third-order valence-corrected chi connectivity index (χ3v) is 4.70. The molecule has 0 bridgehead atoms. The Balaban J connectivity index is 1.45. The lowest BCUT2D eigenvalue weighted by Crippen LogP contribution is -2.30. The SMILES string of the molecule is N#Cc1ccc(NC(=O)NCCCOc2ccc(Cl)cc2NC(=O)Nc2ccc(C#N)cn2)cc1. The summed E-state index contributed by atoms with van der Waals surface area (Å²) in [4.78, 5) is 28.3. The number of nitrogens with one attached hydrogen (secondary N) is 4. The zero-order valence-electron chi connectivity index (χ0n) is 18.3. The molecule has 4 amide bonds. The Morgan fingerprint density at radius 1 is 0.914 bits per heavy atom. The summed E-state index contributed by atoms with van der Waals surface area (Å²) in [5.74, 6) is 0.677. The number of nitrogens with zero attached hydrogens (tertiary/aromatic N) is 3. The molecular formula is C24H20ClN7O3. The number of halogens is 1. The number of hydrogen-bond acceptors (Lipinski definition) is 6. The highest BCUT2D eigenvalue weighted by molar-refractivity contribution is 6.31. The van der Waals surface area contributed by atoms with Crippen LogP contribution in [0.2, 0.25) is 5.02 Å². The van der Waals surface area contributed by atoms with E-state index in [0.717, 1.165) is 0 Å². The highest BCUT2D eigenvalue weighted by atomic mass is 35.5. The summed E-state index contributed by atoms with van der Waals surface area (Å²) in [5, 5.41) is 28.6. The van der Waals surface area contributed by atoms with Crippen molar-refractivity contribution >= 4 is 40.9 Å². The predicted octanol–water partition coefficient (Wildman–Crippen LogP) is 4.71. The number of amides is 4. The van der Waals surface area contributed by atoms with Gasteiger partial charge in [-0.15, -0.1) is 0 Å². The molecule has 1 heterocycles. The minimum Gasteiger partial charge on any atom is -0.491 e. The maximum atomic E-state index is 12.3. The standard InChI is InChI=1S/C24H20ClN7O3/c25-18-5-8-21(20(12-18)31-24(34)32-22-9-4-17(14-27)15-29-22)35-11-1-10-28-23(33)30-19-6-2-16(13-26)3-7-19/h2-9,12,15H,1,10-11H2,(H2,28,30,33)(H2,29,31,32,34). The first-order valence-corrected chi connectivity index (χ1v) is 10.8. The lowest BCUT2D eigenvalue weighted by molar-refractivity contribution is 0.250.